The number of halogens is 1. The molecule has 1 heterocycles. The number of carboxylic acid groups (broad SMARTS) is 1. The Kier molecular flexibility index (Phi) is 9.38. The number of carbonyl (C=O) groups is 1. The van der Waals surface area contributed by atoms with Gasteiger partial charge in [-0.1, -0.05) is 78.3 Å². The number of hydrogen-bond acceptors (Lipinski definition) is 5. The number of hydrogen-bond donors (Lipinski definition) is 3. The standard InChI is InChI=1S/C35H36ClNO4S/c1-34(41,22-38)31-8-3-2-7-30(31)29(15-18-42-23-35(16-17-35)21-33(39)40)26-6-4-5-24(19-26)9-13-28-14-11-25-10-12-27(36)20-32(25)37-28/h2-14,19-20,29,38,41H,15-18,21-23H2,1H3,(H,39,40). The molecular formula is C35H36ClNO4S. The summed E-state index contributed by atoms with van der Waals surface area (Å²) < 4.78 is 0. The van der Waals surface area contributed by atoms with Crippen LogP contribution in [0.2, 0.25) is 5.02 Å². The predicted molar refractivity (Wildman–Crippen MR) is 173 cm³/mol. The lowest BCUT2D eigenvalue weighted by Crippen LogP contribution is -2.28. The van der Waals surface area contributed by atoms with E-state index >= 15 is 0 Å². The summed E-state index contributed by atoms with van der Waals surface area (Å²) in [5, 5.41) is 32.0. The number of nitrogens with zero attached hydrogens (tertiary/aromatic N) is 1. The Morgan fingerprint density at radius 1 is 1.07 bits per heavy atom. The topological polar surface area (TPSA) is 90.7 Å². The number of aromatic nitrogens is 1. The van der Waals surface area contributed by atoms with Crippen molar-refractivity contribution in [3.63, 3.8) is 0 Å². The molecule has 0 bridgehead atoms. The molecule has 2 unspecified atom stereocenters. The van der Waals surface area contributed by atoms with Gasteiger partial charge in [0.15, 0.2) is 0 Å². The maximum absolute atomic E-state index is 11.3. The number of benzene rings is 3. The van der Waals surface area contributed by atoms with Crippen LogP contribution in [0.4, 0.5) is 0 Å². The normalized spacial score (nSPS) is 16.4. The van der Waals surface area contributed by atoms with E-state index in [1.165, 1.54) is 0 Å². The molecule has 5 nitrogen and oxygen atoms in total. The van der Waals surface area contributed by atoms with E-state index in [2.05, 4.69) is 18.2 Å². The van der Waals surface area contributed by atoms with Crippen molar-refractivity contribution in [1.29, 1.82) is 0 Å². The quantitative estimate of drug-likeness (QED) is 0.136. The molecule has 0 amide bonds. The number of fused-ring (bicyclic) bond motifs is 1. The van der Waals surface area contributed by atoms with Crippen molar-refractivity contribution < 1.29 is 20.1 Å². The summed E-state index contributed by atoms with van der Waals surface area (Å²) in [7, 11) is 0. The first-order chi connectivity index (χ1) is 20.2. The van der Waals surface area contributed by atoms with E-state index in [0.717, 1.165) is 64.1 Å². The van der Waals surface area contributed by atoms with Crippen LogP contribution in [0.5, 0.6) is 0 Å². The summed E-state index contributed by atoms with van der Waals surface area (Å²) in [6.45, 7) is 1.26. The van der Waals surface area contributed by atoms with Crippen LogP contribution in [0, 0.1) is 5.41 Å². The highest BCUT2D eigenvalue weighted by Gasteiger charge is 2.44. The third-order valence-corrected chi connectivity index (χ3v) is 9.68. The fourth-order valence-electron chi connectivity index (χ4n) is 5.50. The minimum absolute atomic E-state index is 0.0179. The Labute approximate surface area is 256 Å². The minimum Gasteiger partial charge on any atom is -0.481 e. The monoisotopic (exact) mass is 601 g/mol. The van der Waals surface area contributed by atoms with Crippen LogP contribution in [-0.2, 0) is 10.4 Å². The molecular weight excluding hydrogens is 566 g/mol. The molecule has 1 aliphatic rings. The van der Waals surface area contributed by atoms with E-state index in [-0.39, 0.29) is 24.4 Å². The molecule has 5 rings (SSSR count). The van der Waals surface area contributed by atoms with Gasteiger partial charge < -0.3 is 15.3 Å². The molecule has 7 heteroatoms. The second-order valence-electron chi connectivity index (χ2n) is 11.6. The van der Waals surface area contributed by atoms with Gasteiger partial charge in [0.2, 0.25) is 0 Å². The first-order valence-corrected chi connectivity index (χ1v) is 15.8. The molecule has 0 radical (unpaired) electrons. The summed E-state index contributed by atoms with van der Waals surface area (Å²) in [4.78, 5) is 16.0. The van der Waals surface area contributed by atoms with Crippen LogP contribution in [0.25, 0.3) is 23.1 Å². The van der Waals surface area contributed by atoms with E-state index in [4.69, 9.17) is 16.6 Å². The van der Waals surface area contributed by atoms with Crippen molar-refractivity contribution in [1.82, 2.24) is 4.98 Å². The summed E-state index contributed by atoms with van der Waals surface area (Å²) >= 11 is 7.98. The SMILES string of the molecule is CC(O)(CO)c1ccccc1C(CCSCC1(CC(=O)O)CC1)c1cccc(C=Cc2ccc3ccc(Cl)cc3n2)c1. The van der Waals surface area contributed by atoms with Gasteiger partial charge in [0, 0.05) is 16.3 Å². The van der Waals surface area contributed by atoms with Crippen molar-refractivity contribution in [3.8, 4) is 0 Å². The highest BCUT2D eigenvalue weighted by atomic mass is 35.5. The molecule has 3 N–H and O–H groups in total. The van der Waals surface area contributed by atoms with Crippen molar-refractivity contribution in [3.05, 3.63) is 112 Å². The van der Waals surface area contributed by atoms with Crippen molar-refractivity contribution >= 4 is 52.4 Å². The second-order valence-corrected chi connectivity index (χ2v) is 13.1. The Hall–Kier alpha value is -3.16. The molecule has 0 saturated heterocycles. The first-order valence-electron chi connectivity index (χ1n) is 14.2. The summed E-state index contributed by atoms with van der Waals surface area (Å²) in [5.74, 6) is 0.953. The van der Waals surface area contributed by atoms with Crippen LogP contribution >= 0.6 is 23.4 Å². The van der Waals surface area contributed by atoms with Gasteiger partial charge in [-0.2, -0.15) is 11.8 Å². The van der Waals surface area contributed by atoms with Crippen molar-refractivity contribution in [2.24, 2.45) is 5.41 Å². The third-order valence-electron chi connectivity index (χ3n) is 8.10. The number of rotatable bonds is 13. The lowest BCUT2D eigenvalue weighted by molar-refractivity contribution is -0.138. The van der Waals surface area contributed by atoms with E-state index in [1.54, 1.807) is 6.92 Å². The number of carboxylic acids is 1. The van der Waals surface area contributed by atoms with Crippen molar-refractivity contribution in [2.45, 2.75) is 44.1 Å². The molecule has 1 aliphatic carbocycles. The molecule has 3 aromatic carbocycles. The number of aliphatic carboxylic acids is 1. The maximum Gasteiger partial charge on any atom is 0.303 e. The van der Waals surface area contributed by atoms with E-state index in [1.807, 2.05) is 84.6 Å². The Morgan fingerprint density at radius 2 is 1.86 bits per heavy atom. The minimum atomic E-state index is -1.37. The fraction of sp³-hybridized carbons (Fsp3) is 0.314. The van der Waals surface area contributed by atoms with Crippen LogP contribution in [0.15, 0.2) is 78.9 Å². The zero-order valence-electron chi connectivity index (χ0n) is 23.7. The molecule has 1 aromatic heterocycles. The van der Waals surface area contributed by atoms with Gasteiger partial charge in [0.25, 0.3) is 0 Å². The first kappa shape index (κ1) is 30.3. The van der Waals surface area contributed by atoms with E-state index in [0.29, 0.717) is 10.6 Å². The van der Waals surface area contributed by atoms with Crippen LogP contribution < -0.4 is 0 Å². The van der Waals surface area contributed by atoms with Gasteiger partial charge in [-0.3, -0.25) is 4.79 Å². The highest BCUT2D eigenvalue weighted by molar-refractivity contribution is 7.99. The Balaban J connectivity index is 1.41. The highest BCUT2D eigenvalue weighted by Crippen LogP contribution is 2.51. The molecule has 0 aliphatic heterocycles. The number of thioether (sulfide) groups is 1. The maximum atomic E-state index is 11.3. The zero-order chi connectivity index (χ0) is 29.7. The lowest BCUT2D eigenvalue weighted by atomic mass is 9.81. The van der Waals surface area contributed by atoms with Crippen LogP contribution in [0.1, 0.15) is 66.5 Å². The number of aliphatic hydroxyl groups is 2. The zero-order valence-corrected chi connectivity index (χ0v) is 25.2. The Bertz CT molecular complexity index is 1600. The predicted octanol–water partition coefficient (Wildman–Crippen LogP) is 7.77. The van der Waals surface area contributed by atoms with Gasteiger partial charge in [-0.05, 0) is 89.6 Å². The lowest BCUT2D eigenvalue weighted by Gasteiger charge is -2.28. The van der Waals surface area contributed by atoms with E-state index in [9.17, 15) is 20.1 Å². The largest absolute Gasteiger partial charge is 0.481 e. The van der Waals surface area contributed by atoms with Crippen LogP contribution in [0.3, 0.4) is 0 Å². The van der Waals surface area contributed by atoms with Crippen molar-refractivity contribution in [2.75, 3.05) is 18.1 Å². The number of pyridine rings is 1. The average molecular weight is 602 g/mol. The van der Waals surface area contributed by atoms with Gasteiger partial charge in [-0.25, -0.2) is 4.98 Å². The summed E-state index contributed by atoms with van der Waals surface area (Å²) in [5.41, 5.74) is 4.10. The summed E-state index contributed by atoms with van der Waals surface area (Å²) in [6.07, 6.45) is 7.04. The fourth-order valence-corrected chi connectivity index (χ4v) is 7.03. The van der Waals surface area contributed by atoms with Gasteiger partial charge in [0.05, 0.1) is 24.2 Å². The van der Waals surface area contributed by atoms with E-state index < -0.39 is 11.6 Å². The Morgan fingerprint density at radius 3 is 2.62 bits per heavy atom. The molecule has 2 atom stereocenters. The smallest absolute Gasteiger partial charge is 0.303 e. The molecule has 42 heavy (non-hydrogen) atoms. The van der Waals surface area contributed by atoms with Crippen LogP contribution in [-0.4, -0.2) is 44.4 Å². The molecule has 0 spiro atoms. The molecule has 1 saturated carbocycles. The second kappa shape index (κ2) is 13.0. The average Bonchev–Trinajstić information content (AvgIpc) is 3.74. The molecule has 1 fully saturated rings. The molecule has 4 aromatic rings. The molecule has 218 valence electrons. The number of aliphatic hydroxyl groups excluding tert-OH is 1. The third kappa shape index (κ3) is 7.42. The summed E-state index contributed by atoms with van der Waals surface area (Å²) in [6, 6.07) is 25.9. The van der Waals surface area contributed by atoms with Gasteiger partial charge >= 0.3 is 5.97 Å². The van der Waals surface area contributed by atoms with Gasteiger partial charge in [0.1, 0.15) is 5.60 Å². The van der Waals surface area contributed by atoms with Gasteiger partial charge in [-0.15, -0.1) is 0 Å².